The third-order valence-electron chi connectivity index (χ3n) is 9.35. The summed E-state index contributed by atoms with van der Waals surface area (Å²) in [4.78, 5) is 75.8. The number of furan rings is 1. The molecule has 4 aliphatic rings. The SMILES string of the molecule is NC(=O)C(=O)CC[C@H](NC(=O)c1cc2ccccc2o1)C(=O)Nc1cccn(CC(=O)NC2C3CC4CC(C3)CC2C4)c1=O. The van der Waals surface area contributed by atoms with Gasteiger partial charge in [-0.3, -0.25) is 28.8 Å². The maximum atomic E-state index is 13.3. The molecule has 0 spiro atoms. The molecule has 0 saturated heterocycles. The van der Waals surface area contributed by atoms with Crippen molar-refractivity contribution in [1.29, 1.82) is 0 Å². The highest BCUT2D eigenvalue weighted by Crippen LogP contribution is 2.53. The van der Waals surface area contributed by atoms with Crippen LogP contribution in [0.1, 0.15) is 55.5 Å². The number of para-hydroxylation sites is 1. The molecule has 3 aromatic rings. The second kappa shape index (κ2) is 12.1. The van der Waals surface area contributed by atoms with E-state index in [1.807, 2.05) is 0 Å². The third kappa shape index (κ3) is 6.15. The first-order valence-electron chi connectivity index (χ1n) is 15.1. The zero-order chi connectivity index (χ0) is 31.0. The number of carbonyl (C=O) groups is 5. The quantitative estimate of drug-likeness (QED) is 0.243. The number of aromatic nitrogens is 1. The molecule has 7 rings (SSSR count). The van der Waals surface area contributed by atoms with Gasteiger partial charge in [-0.15, -0.1) is 0 Å². The number of carbonyl (C=O) groups excluding carboxylic acids is 5. The van der Waals surface area contributed by atoms with Crippen LogP contribution in [0.2, 0.25) is 0 Å². The van der Waals surface area contributed by atoms with Crippen molar-refractivity contribution in [3.05, 3.63) is 64.8 Å². The van der Waals surface area contributed by atoms with E-state index < -0.39 is 41.5 Å². The Bertz CT molecular complexity index is 1630. The smallest absolute Gasteiger partial charge is 0.287 e. The van der Waals surface area contributed by atoms with E-state index in [1.165, 1.54) is 35.4 Å². The Morgan fingerprint density at radius 2 is 1.66 bits per heavy atom. The number of ketones is 1. The van der Waals surface area contributed by atoms with Crippen molar-refractivity contribution in [3.63, 3.8) is 0 Å². The topological polar surface area (TPSA) is 183 Å². The van der Waals surface area contributed by atoms with Gasteiger partial charge in [0.25, 0.3) is 17.4 Å². The van der Waals surface area contributed by atoms with E-state index in [2.05, 4.69) is 16.0 Å². The van der Waals surface area contributed by atoms with Crippen LogP contribution in [0.25, 0.3) is 11.0 Å². The number of hydrogen-bond donors (Lipinski definition) is 4. The highest BCUT2D eigenvalue weighted by molar-refractivity contribution is 6.35. The number of pyridine rings is 1. The first kappa shape index (κ1) is 29.3. The Kier molecular flexibility index (Phi) is 8.07. The van der Waals surface area contributed by atoms with Crippen LogP contribution in [0, 0.1) is 23.7 Å². The van der Waals surface area contributed by atoms with Crippen LogP contribution in [0.15, 0.2) is 57.9 Å². The molecule has 0 unspecified atom stereocenters. The molecule has 4 fully saturated rings. The van der Waals surface area contributed by atoms with Gasteiger partial charge in [-0.05, 0) is 86.5 Å². The molecular formula is C32H35N5O7. The second-order valence-electron chi connectivity index (χ2n) is 12.4. The summed E-state index contributed by atoms with van der Waals surface area (Å²) in [6.45, 7) is -0.204. The van der Waals surface area contributed by atoms with E-state index in [1.54, 1.807) is 24.3 Å². The molecule has 44 heavy (non-hydrogen) atoms. The largest absolute Gasteiger partial charge is 0.451 e. The van der Waals surface area contributed by atoms with Crippen LogP contribution < -0.4 is 27.2 Å². The van der Waals surface area contributed by atoms with Gasteiger partial charge >= 0.3 is 0 Å². The molecule has 2 aromatic heterocycles. The Morgan fingerprint density at radius 1 is 0.955 bits per heavy atom. The zero-order valence-corrected chi connectivity index (χ0v) is 24.1. The summed E-state index contributed by atoms with van der Waals surface area (Å²) in [6.07, 6.45) is 6.73. The first-order chi connectivity index (χ1) is 21.1. The van der Waals surface area contributed by atoms with Crippen LogP contribution >= 0.6 is 0 Å². The molecule has 2 heterocycles. The molecule has 5 N–H and O–H groups in total. The molecule has 0 aliphatic heterocycles. The highest BCUT2D eigenvalue weighted by Gasteiger charge is 2.48. The van der Waals surface area contributed by atoms with E-state index >= 15 is 0 Å². The standard InChI is InChI=1S/C32H35N5O7/c33-29(40)24(38)8-7-22(34-31(42)26-15-19-4-1-2-6-25(19)44-26)30(41)35-23-5-3-9-37(32(23)43)16-27(39)36-28-20-11-17-10-18(13-20)14-21(28)12-17/h1-6,9,15,17-18,20-22,28H,7-8,10-14,16H2,(H2,33,40)(H,34,42)(H,35,41)(H,36,39)/t17?,18?,20?,21?,22-,28?/m0/s1. The van der Waals surface area contributed by atoms with Crippen molar-refractivity contribution in [2.24, 2.45) is 29.4 Å². The minimum Gasteiger partial charge on any atom is -0.451 e. The van der Waals surface area contributed by atoms with Gasteiger partial charge in [0.2, 0.25) is 17.6 Å². The molecule has 12 nitrogen and oxygen atoms in total. The molecular weight excluding hydrogens is 566 g/mol. The minimum absolute atomic E-state index is 0.0579. The molecule has 1 aromatic carbocycles. The van der Waals surface area contributed by atoms with Crippen molar-refractivity contribution in [3.8, 4) is 0 Å². The lowest BCUT2D eigenvalue weighted by atomic mass is 9.54. The number of anilines is 1. The third-order valence-corrected chi connectivity index (χ3v) is 9.35. The lowest BCUT2D eigenvalue weighted by Crippen LogP contribution is -2.56. The monoisotopic (exact) mass is 601 g/mol. The van der Waals surface area contributed by atoms with Crippen LogP contribution in [-0.4, -0.2) is 46.1 Å². The number of hydrogen-bond acceptors (Lipinski definition) is 7. The van der Waals surface area contributed by atoms with Crippen LogP contribution in [0.5, 0.6) is 0 Å². The molecule has 12 heteroatoms. The van der Waals surface area contributed by atoms with Gasteiger partial charge in [0, 0.05) is 24.0 Å². The fraction of sp³-hybridized carbons (Fsp3) is 0.438. The van der Waals surface area contributed by atoms with Crippen LogP contribution in [0.4, 0.5) is 5.69 Å². The predicted molar refractivity (Wildman–Crippen MR) is 159 cm³/mol. The van der Waals surface area contributed by atoms with Crippen molar-refractivity contribution >= 4 is 46.1 Å². The summed E-state index contributed by atoms with van der Waals surface area (Å²) in [6, 6.07) is 10.2. The molecule has 0 radical (unpaired) electrons. The van der Waals surface area contributed by atoms with E-state index in [4.69, 9.17) is 10.2 Å². The summed E-state index contributed by atoms with van der Waals surface area (Å²) >= 11 is 0. The Balaban J connectivity index is 1.13. The van der Waals surface area contributed by atoms with E-state index in [9.17, 15) is 28.8 Å². The number of nitrogens with two attached hydrogens (primary N) is 1. The number of benzene rings is 1. The Labute approximate surface area is 252 Å². The highest BCUT2D eigenvalue weighted by atomic mass is 16.3. The van der Waals surface area contributed by atoms with Crippen molar-refractivity contribution in [2.45, 2.75) is 63.6 Å². The number of amides is 4. The number of nitrogens with one attached hydrogen (secondary N) is 3. The van der Waals surface area contributed by atoms with E-state index in [0.29, 0.717) is 22.8 Å². The lowest BCUT2D eigenvalue weighted by molar-refractivity contribution is -0.136. The Morgan fingerprint density at radius 3 is 2.34 bits per heavy atom. The van der Waals surface area contributed by atoms with Gasteiger partial charge in [-0.2, -0.15) is 0 Å². The number of Topliss-reactive ketones (excluding diaryl/α,β-unsaturated/α-hetero) is 1. The summed E-state index contributed by atoms with van der Waals surface area (Å²) in [5.74, 6) is -1.37. The maximum Gasteiger partial charge on any atom is 0.287 e. The molecule has 4 aliphatic carbocycles. The van der Waals surface area contributed by atoms with Gasteiger partial charge in [0.1, 0.15) is 23.9 Å². The van der Waals surface area contributed by atoms with Crippen molar-refractivity contribution in [1.82, 2.24) is 15.2 Å². The Hall–Kier alpha value is -4.74. The molecule has 230 valence electrons. The number of nitrogens with zero attached hydrogens (tertiary/aromatic N) is 1. The normalized spacial score (nSPS) is 24.0. The minimum atomic E-state index is -1.31. The molecule has 4 amide bonds. The fourth-order valence-corrected chi connectivity index (χ4v) is 7.51. The predicted octanol–water partition coefficient (Wildman–Crippen LogP) is 2.11. The zero-order valence-electron chi connectivity index (χ0n) is 24.1. The second-order valence-corrected chi connectivity index (χ2v) is 12.4. The number of primary amides is 1. The lowest BCUT2D eigenvalue weighted by Gasteiger charge is -2.54. The van der Waals surface area contributed by atoms with Crippen LogP contribution in [0.3, 0.4) is 0 Å². The average molecular weight is 602 g/mol. The van der Waals surface area contributed by atoms with Crippen LogP contribution in [-0.2, 0) is 25.7 Å². The van der Waals surface area contributed by atoms with Gasteiger partial charge < -0.3 is 30.7 Å². The summed E-state index contributed by atoms with van der Waals surface area (Å²) < 4.78 is 6.80. The van der Waals surface area contributed by atoms with Crippen molar-refractivity contribution < 1.29 is 28.4 Å². The summed E-state index contributed by atoms with van der Waals surface area (Å²) in [5.41, 5.74) is 4.82. The van der Waals surface area contributed by atoms with Gasteiger partial charge in [0.15, 0.2) is 5.76 Å². The van der Waals surface area contributed by atoms with Gasteiger partial charge in [-0.25, -0.2) is 0 Å². The summed E-state index contributed by atoms with van der Waals surface area (Å²) in [5, 5.41) is 8.90. The van der Waals surface area contributed by atoms with E-state index in [0.717, 1.165) is 37.5 Å². The first-order valence-corrected chi connectivity index (χ1v) is 15.1. The molecule has 4 saturated carbocycles. The van der Waals surface area contributed by atoms with E-state index in [-0.39, 0.29) is 36.4 Å². The van der Waals surface area contributed by atoms with Gasteiger partial charge in [-0.1, -0.05) is 18.2 Å². The number of fused-ring (bicyclic) bond motifs is 1. The summed E-state index contributed by atoms with van der Waals surface area (Å²) in [7, 11) is 0. The molecule has 1 atom stereocenters. The average Bonchev–Trinajstić information content (AvgIpc) is 3.43. The van der Waals surface area contributed by atoms with Gasteiger partial charge in [0.05, 0.1) is 0 Å². The molecule has 4 bridgehead atoms. The number of rotatable bonds is 11. The van der Waals surface area contributed by atoms with Crippen molar-refractivity contribution in [2.75, 3.05) is 5.32 Å². The fourth-order valence-electron chi connectivity index (χ4n) is 7.51. The maximum absolute atomic E-state index is 13.3.